The van der Waals surface area contributed by atoms with Crippen molar-refractivity contribution in [1.82, 2.24) is 10.2 Å². The van der Waals surface area contributed by atoms with Crippen LogP contribution in [0.1, 0.15) is 5.56 Å². The van der Waals surface area contributed by atoms with Crippen molar-refractivity contribution >= 4 is 0 Å². The minimum atomic E-state index is -1.17. The van der Waals surface area contributed by atoms with Crippen molar-refractivity contribution in [3.63, 3.8) is 0 Å². The van der Waals surface area contributed by atoms with Gasteiger partial charge in [0.1, 0.15) is 5.82 Å². The summed E-state index contributed by atoms with van der Waals surface area (Å²) in [7, 11) is 3.58. The minimum Gasteiger partial charge on any atom is -0.383 e. The second kappa shape index (κ2) is 8.14. The number of methoxy groups -OCH3 is 1. The summed E-state index contributed by atoms with van der Waals surface area (Å²) in [6, 6.07) is 1.45. The molecule has 1 N–H and O–H groups in total. The van der Waals surface area contributed by atoms with Crippen LogP contribution in [0.2, 0.25) is 0 Å². The summed E-state index contributed by atoms with van der Waals surface area (Å²) in [4.78, 5) is 2.05. The molecule has 0 aromatic heterocycles. The predicted octanol–water partition coefficient (Wildman–Crippen LogP) is 1.77. The number of nitrogens with zero attached hydrogens (tertiary/aromatic N) is 1. The molecule has 0 fully saturated rings. The molecule has 0 aliphatic carbocycles. The van der Waals surface area contributed by atoms with Crippen LogP contribution in [-0.4, -0.2) is 45.3 Å². The van der Waals surface area contributed by atoms with E-state index in [4.69, 9.17) is 4.74 Å². The Morgan fingerprint density at radius 2 is 1.79 bits per heavy atom. The number of likely N-dealkylation sites (N-methyl/N-ethyl adjacent to an activating group) is 1. The number of halogens is 3. The van der Waals surface area contributed by atoms with Crippen LogP contribution in [0.25, 0.3) is 0 Å². The molecule has 6 heteroatoms. The van der Waals surface area contributed by atoms with E-state index in [-0.39, 0.29) is 12.1 Å². The van der Waals surface area contributed by atoms with Crippen LogP contribution in [0.15, 0.2) is 12.1 Å². The first-order valence-corrected chi connectivity index (χ1v) is 6.06. The van der Waals surface area contributed by atoms with Crippen LogP contribution >= 0.6 is 0 Å². The molecule has 0 bridgehead atoms. The zero-order chi connectivity index (χ0) is 14.3. The highest BCUT2D eigenvalue weighted by atomic mass is 19.2. The van der Waals surface area contributed by atoms with Crippen molar-refractivity contribution in [3.8, 4) is 0 Å². The average Bonchev–Trinajstić information content (AvgIpc) is 2.37. The zero-order valence-electron chi connectivity index (χ0n) is 11.2. The van der Waals surface area contributed by atoms with Crippen LogP contribution < -0.4 is 5.32 Å². The molecule has 0 heterocycles. The fourth-order valence-corrected chi connectivity index (χ4v) is 1.55. The molecule has 0 spiro atoms. The van der Waals surface area contributed by atoms with Gasteiger partial charge in [0, 0.05) is 44.9 Å². The van der Waals surface area contributed by atoms with E-state index >= 15 is 0 Å². The van der Waals surface area contributed by atoms with E-state index in [0.29, 0.717) is 19.2 Å². The highest BCUT2D eigenvalue weighted by Crippen LogP contribution is 2.13. The first-order valence-electron chi connectivity index (χ1n) is 6.06. The molecule has 19 heavy (non-hydrogen) atoms. The van der Waals surface area contributed by atoms with E-state index < -0.39 is 17.5 Å². The standard InChI is InChI=1S/C13H19F3N2O/c1-18(5-6-19-2)4-3-17-9-10-7-12(15)13(16)8-11(10)14/h7-8,17H,3-6,9H2,1-2H3. The summed E-state index contributed by atoms with van der Waals surface area (Å²) >= 11 is 0. The maximum absolute atomic E-state index is 13.3. The van der Waals surface area contributed by atoms with Gasteiger partial charge in [0.05, 0.1) is 6.61 Å². The van der Waals surface area contributed by atoms with Crippen molar-refractivity contribution < 1.29 is 17.9 Å². The average molecular weight is 276 g/mol. The van der Waals surface area contributed by atoms with Gasteiger partial charge in [0.15, 0.2) is 11.6 Å². The van der Waals surface area contributed by atoms with Gasteiger partial charge in [-0.05, 0) is 13.1 Å². The molecule has 0 radical (unpaired) electrons. The van der Waals surface area contributed by atoms with Gasteiger partial charge >= 0.3 is 0 Å². The third kappa shape index (κ3) is 5.59. The van der Waals surface area contributed by atoms with Gasteiger partial charge in [-0.3, -0.25) is 0 Å². The van der Waals surface area contributed by atoms with E-state index in [1.807, 2.05) is 7.05 Å². The monoisotopic (exact) mass is 276 g/mol. The number of ether oxygens (including phenoxy) is 1. The van der Waals surface area contributed by atoms with Gasteiger partial charge < -0.3 is 15.0 Å². The lowest BCUT2D eigenvalue weighted by Gasteiger charge is -2.16. The van der Waals surface area contributed by atoms with E-state index in [0.717, 1.165) is 19.2 Å². The fraction of sp³-hybridized carbons (Fsp3) is 0.538. The second-order valence-electron chi connectivity index (χ2n) is 4.33. The normalized spacial score (nSPS) is 11.3. The number of rotatable bonds is 8. The molecule has 0 saturated heterocycles. The molecule has 0 aliphatic heterocycles. The molecule has 108 valence electrons. The SMILES string of the molecule is COCCN(C)CCNCc1cc(F)c(F)cc1F. The summed E-state index contributed by atoms with van der Waals surface area (Å²) < 4.78 is 43.9. The number of benzene rings is 1. The molecular weight excluding hydrogens is 257 g/mol. The van der Waals surface area contributed by atoms with Crippen molar-refractivity contribution in [2.24, 2.45) is 0 Å². The molecule has 0 unspecified atom stereocenters. The van der Waals surface area contributed by atoms with Gasteiger partial charge in [-0.15, -0.1) is 0 Å². The Labute approximate surface area is 111 Å². The van der Waals surface area contributed by atoms with Crippen molar-refractivity contribution in [2.45, 2.75) is 6.54 Å². The Morgan fingerprint density at radius 1 is 1.11 bits per heavy atom. The lowest BCUT2D eigenvalue weighted by molar-refractivity contribution is 0.161. The lowest BCUT2D eigenvalue weighted by Crippen LogP contribution is -2.31. The van der Waals surface area contributed by atoms with Crippen molar-refractivity contribution in [2.75, 3.05) is 40.4 Å². The van der Waals surface area contributed by atoms with Crippen LogP contribution in [0, 0.1) is 17.5 Å². The lowest BCUT2D eigenvalue weighted by atomic mass is 10.2. The summed E-state index contributed by atoms with van der Waals surface area (Å²) in [5.41, 5.74) is 0.124. The van der Waals surface area contributed by atoms with Crippen LogP contribution in [-0.2, 0) is 11.3 Å². The zero-order valence-corrected chi connectivity index (χ0v) is 11.2. The van der Waals surface area contributed by atoms with Crippen molar-refractivity contribution in [1.29, 1.82) is 0 Å². The van der Waals surface area contributed by atoms with Gasteiger partial charge in [-0.2, -0.15) is 0 Å². The van der Waals surface area contributed by atoms with E-state index in [1.54, 1.807) is 7.11 Å². The third-order valence-corrected chi connectivity index (χ3v) is 2.75. The summed E-state index contributed by atoms with van der Waals surface area (Å²) in [6.45, 7) is 3.00. The summed E-state index contributed by atoms with van der Waals surface area (Å²) in [5, 5.41) is 2.98. The Bertz CT molecular complexity index is 402. The third-order valence-electron chi connectivity index (χ3n) is 2.75. The van der Waals surface area contributed by atoms with Gasteiger partial charge in [-0.1, -0.05) is 0 Å². The second-order valence-corrected chi connectivity index (χ2v) is 4.33. The van der Waals surface area contributed by atoms with Crippen LogP contribution in [0.4, 0.5) is 13.2 Å². The largest absolute Gasteiger partial charge is 0.383 e. The Kier molecular flexibility index (Phi) is 6.83. The van der Waals surface area contributed by atoms with Gasteiger partial charge in [0.25, 0.3) is 0 Å². The summed E-state index contributed by atoms with van der Waals surface area (Å²) in [5.74, 6) is -2.94. The minimum absolute atomic E-state index is 0.124. The fourth-order valence-electron chi connectivity index (χ4n) is 1.55. The molecule has 0 atom stereocenters. The molecule has 0 saturated carbocycles. The quantitative estimate of drug-likeness (QED) is 0.578. The molecule has 1 aromatic carbocycles. The predicted molar refractivity (Wildman–Crippen MR) is 67.4 cm³/mol. The smallest absolute Gasteiger partial charge is 0.161 e. The Balaban J connectivity index is 2.31. The molecule has 0 amide bonds. The van der Waals surface area contributed by atoms with Gasteiger partial charge in [-0.25, -0.2) is 13.2 Å². The van der Waals surface area contributed by atoms with Crippen molar-refractivity contribution in [3.05, 3.63) is 35.1 Å². The maximum atomic E-state index is 13.3. The summed E-state index contributed by atoms with van der Waals surface area (Å²) in [6.07, 6.45) is 0. The van der Waals surface area contributed by atoms with E-state index in [9.17, 15) is 13.2 Å². The number of nitrogens with one attached hydrogen (secondary N) is 1. The number of hydrogen-bond acceptors (Lipinski definition) is 3. The molecule has 1 aromatic rings. The molecule has 3 nitrogen and oxygen atoms in total. The Hall–Kier alpha value is -1.11. The first-order chi connectivity index (χ1) is 9.04. The van der Waals surface area contributed by atoms with Crippen LogP contribution in [0.5, 0.6) is 0 Å². The highest BCUT2D eigenvalue weighted by molar-refractivity contribution is 5.19. The van der Waals surface area contributed by atoms with E-state index in [2.05, 4.69) is 10.2 Å². The first kappa shape index (κ1) is 15.9. The topological polar surface area (TPSA) is 24.5 Å². The Morgan fingerprint density at radius 3 is 2.47 bits per heavy atom. The number of hydrogen-bond donors (Lipinski definition) is 1. The molecular formula is C13H19F3N2O. The van der Waals surface area contributed by atoms with Gasteiger partial charge in [0.2, 0.25) is 0 Å². The molecule has 0 aliphatic rings. The highest BCUT2D eigenvalue weighted by Gasteiger charge is 2.09. The maximum Gasteiger partial charge on any atom is 0.161 e. The van der Waals surface area contributed by atoms with E-state index in [1.165, 1.54) is 0 Å². The molecule has 1 rings (SSSR count). The van der Waals surface area contributed by atoms with Crippen LogP contribution in [0.3, 0.4) is 0 Å².